The van der Waals surface area contributed by atoms with E-state index in [9.17, 15) is 0 Å². The molecule has 1 radical (unpaired) electrons. The SMILES string of the molecule is Cc1ccc2c(n1)oc1c(N3[CH]N(C)C=C3)c(C)ccc12. The van der Waals surface area contributed by atoms with Crippen LogP contribution in [0.3, 0.4) is 0 Å². The molecule has 0 bridgehead atoms. The van der Waals surface area contributed by atoms with Gasteiger partial charge in [-0.05, 0) is 31.5 Å². The van der Waals surface area contributed by atoms with E-state index in [2.05, 4.69) is 35.0 Å². The molecular formula is C17H16N3O. The molecule has 4 rings (SSSR count). The first-order valence-corrected chi connectivity index (χ1v) is 6.96. The molecule has 0 N–H and O–H groups in total. The number of furan rings is 1. The Balaban J connectivity index is 2.03. The average molecular weight is 278 g/mol. The molecular weight excluding hydrogens is 262 g/mol. The molecule has 21 heavy (non-hydrogen) atoms. The van der Waals surface area contributed by atoms with E-state index in [-0.39, 0.29) is 0 Å². The highest BCUT2D eigenvalue weighted by Crippen LogP contribution is 2.38. The van der Waals surface area contributed by atoms with E-state index in [1.165, 1.54) is 5.56 Å². The lowest BCUT2D eigenvalue weighted by atomic mass is 10.1. The largest absolute Gasteiger partial charge is 0.435 e. The van der Waals surface area contributed by atoms with Crippen LogP contribution in [0, 0.1) is 20.5 Å². The Morgan fingerprint density at radius 2 is 1.81 bits per heavy atom. The van der Waals surface area contributed by atoms with E-state index < -0.39 is 0 Å². The summed E-state index contributed by atoms with van der Waals surface area (Å²) in [5, 5.41) is 2.17. The molecule has 0 spiro atoms. The minimum Gasteiger partial charge on any atom is -0.435 e. The van der Waals surface area contributed by atoms with Crippen molar-refractivity contribution in [1.29, 1.82) is 0 Å². The van der Waals surface area contributed by atoms with Gasteiger partial charge in [0.1, 0.15) is 6.67 Å². The molecule has 0 atom stereocenters. The van der Waals surface area contributed by atoms with Crippen LogP contribution in [0.1, 0.15) is 11.3 Å². The Kier molecular flexibility index (Phi) is 2.48. The predicted molar refractivity (Wildman–Crippen MR) is 84.7 cm³/mol. The van der Waals surface area contributed by atoms with Crippen molar-refractivity contribution in [3.05, 3.63) is 54.6 Å². The Morgan fingerprint density at radius 3 is 2.57 bits per heavy atom. The van der Waals surface area contributed by atoms with E-state index in [1.54, 1.807) is 0 Å². The van der Waals surface area contributed by atoms with Gasteiger partial charge in [-0.15, -0.1) is 0 Å². The normalized spacial score (nSPS) is 14.8. The zero-order valence-electron chi connectivity index (χ0n) is 12.3. The van der Waals surface area contributed by atoms with Gasteiger partial charge in [-0.1, -0.05) is 12.1 Å². The van der Waals surface area contributed by atoms with Crippen molar-refractivity contribution >= 4 is 27.8 Å². The van der Waals surface area contributed by atoms with Crippen molar-refractivity contribution in [2.45, 2.75) is 13.8 Å². The van der Waals surface area contributed by atoms with Crippen LogP contribution < -0.4 is 4.90 Å². The minimum absolute atomic E-state index is 0.702. The number of pyridine rings is 1. The summed E-state index contributed by atoms with van der Waals surface area (Å²) < 4.78 is 6.07. The average Bonchev–Trinajstić information content (AvgIpc) is 3.01. The Labute approximate surface area is 123 Å². The molecule has 1 aliphatic heterocycles. The van der Waals surface area contributed by atoms with Crippen LogP contribution in [0.2, 0.25) is 0 Å². The predicted octanol–water partition coefficient (Wildman–Crippen LogP) is 3.94. The topological polar surface area (TPSA) is 32.5 Å². The minimum atomic E-state index is 0.702. The lowest BCUT2D eigenvalue weighted by Gasteiger charge is -2.19. The first-order valence-electron chi connectivity index (χ1n) is 6.96. The standard InChI is InChI=1S/C17H16N3O/c1-11-4-6-13-14-7-5-12(2)18-17(14)21-16(13)15(11)20-9-8-19(3)10-20/h4-10H,1-3H3. The fourth-order valence-corrected chi connectivity index (χ4v) is 2.80. The number of hydrogen-bond donors (Lipinski definition) is 0. The molecule has 0 aliphatic carbocycles. The van der Waals surface area contributed by atoms with E-state index in [4.69, 9.17) is 4.42 Å². The van der Waals surface area contributed by atoms with Gasteiger partial charge in [-0.2, -0.15) is 0 Å². The highest BCUT2D eigenvalue weighted by molar-refractivity contribution is 6.08. The number of aryl methyl sites for hydroxylation is 2. The number of aromatic nitrogens is 1. The van der Waals surface area contributed by atoms with Crippen molar-refractivity contribution in [1.82, 2.24) is 9.88 Å². The molecule has 0 fully saturated rings. The second-order valence-corrected chi connectivity index (χ2v) is 5.50. The number of benzene rings is 1. The maximum atomic E-state index is 6.07. The first kappa shape index (κ1) is 12.3. The Bertz CT molecular complexity index is 878. The summed E-state index contributed by atoms with van der Waals surface area (Å²) in [6.07, 6.45) is 4.05. The summed E-state index contributed by atoms with van der Waals surface area (Å²) in [7, 11) is 2.01. The zero-order valence-corrected chi connectivity index (χ0v) is 12.3. The summed E-state index contributed by atoms with van der Waals surface area (Å²) in [5.74, 6) is 0. The number of anilines is 1. The third kappa shape index (κ3) is 1.79. The molecule has 2 aromatic heterocycles. The molecule has 0 amide bonds. The third-order valence-electron chi connectivity index (χ3n) is 3.85. The van der Waals surface area contributed by atoms with Gasteiger partial charge in [0, 0.05) is 35.9 Å². The van der Waals surface area contributed by atoms with Crippen LogP contribution in [-0.2, 0) is 0 Å². The van der Waals surface area contributed by atoms with E-state index in [1.807, 2.05) is 44.0 Å². The van der Waals surface area contributed by atoms with E-state index >= 15 is 0 Å². The second kappa shape index (κ2) is 4.25. The molecule has 4 nitrogen and oxygen atoms in total. The lowest BCUT2D eigenvalue weighted by molar-refractivity contribution is 0.573. The van der Waals surface area contributed by atoms with Crippen LogP contribution >= 0.6 is 0 Å². The zero-order chi connectivity index (χ0) is 14.6. The highest BCUT2D eigenvalue weighted by atomic mass is 16.3. The van der Waals surface area contributed by atoms with Crippen LogP contribution in [-0.4, -0.2) is 16.9 Å². The molecule has 3 heterocycles. The van der Waals surface area contributed by atoms with Crippen molar-refractivity contribution in [2.75, 3.05) is 11.9 Å². The van der Waals surface area contributed by atoms with Crippen molar-refractivity contribution in [3.8, 4) is 0 Å². The number of fused-ring (bicyclic) bond motifs is 3. The van der Waals surface area contributed by atoms with E-state index in [0.717, 1.165) is 27.7 Å². The molecule has 4 heteroatoms. The van der Waals surface area contributed by atoms with Gasteiger partial charge in [-0.25, -0.2) is 4.98 Å². The molecule has 0 unspecified atom stereocenters. The molecule has 105 valence electrons. The van der Waals surface area contributed by atoms with Gasteiger partial charge >= 0.3 is 0 Å². The lowest BCUT2D eigenvalue weighted by Crippen LogP contribution is -2.16. The van der Waals surface area contributed by atoms with Crippen molar-refractivity contribution < 1.29 is 4.42 Å². The summed E-state index contributed by atoms with van der Waals surface area (Å²) in [6.45, 7) is 6.11. The van der Waals surface area contributed by atoms with Gasteiger partial charge in [0.15, 0.2) is 5.58 Å². The van der Waals surface area contributed by atoms with E-state index in [0.29, 0.717) is 5.71 Å². The second-order valence-electron chi connectivity index (χ2n) is 5.50. The van der Waals surface area contributed by atoms with Gasteiger partial charge in [0.2, 0.25) is 5.71 Å². The summed E-state index contributed by atoms with van der Waals surface area (Å²) in [4.78, 5) is 8.61. The van der Waals surface area contributed by atoms with Crippen LogP contribution in [0.5, 0.6) is 0 Å². The van der Waals surface area contributed by atoms with Gasteiger partial charge in [0.05, 0.1) is 5.69 Å². The van der Waals surface area contributed by atoms with Crippen molar-refractivity contribution in [2.24, 2.45) is 0 Å². The monoisotopic (exact) mass is 278 g/mol. The van der Waals surface area contributed by atoms with Crippen LogP contribution in [0.4, 0.5) is 5.69 Å². The van der Waals surface area contributed by atoms with Crippen molar-refractivity contribution in [3.63, 3.8) is 0 Å². The first-order chi connectivity index (χ1) is 10.1. The van der Waals surface area contributed by atoms with Gasteiger partial charge in [0.25, 0.3) is 0 Å². The summed E-state index contributed by atoms with van der Waals surface area (Å²) in [5.41, 5.74) is 4.80. The fraction of sp³-hybridized carbons (Fsp3) is 0.176. The quantitative estimate of drug-likeness (QED) is 0.675. The Hall–Kier alpha value is -2.49. The molecule has 3 aromatic rings. The molecule has 1 aliphatic rings. The molecule has 0 saturated heterocycles. The fourth-order valence-electron chi connectivity index (χ4n) is 2.80. The maximum absolute atomic E-state index is 6.07. The van der Waals surface area contributed by atoms with Crippen LogP contribution in [0.15, 0.2) is 41.1 Å². The number of rotatable bonds is 1. The highest BCUT2D eigenvalue weighted by Gasteiger charge is 2.20. The Morgan fingerprint density at radius 1 is 1.00 bits per heavy atom. The number of nitrogens with zero attached hydrogens (tertiary/aromatic N) is 3. The van der Waals surface area contributed by atoms with Crippen LogP contribution in [0.25, 0.3) is 22.1 Å². The smallest absolute Gasteiger partial charge is 0.227 e. The maximum Gasteiger partial charge on any atom is 0.227 e. The summed E-state index contributed by atoms with van der Waals surface area (Å²) in [6, 6.07) is 8.34. The third-order valence-corrected chi connectivity index (χ3v) is 3.85. The van der Waals surface area contributed by atoms with Gasteiger partial charge < -0.3 is 14.2 Å². The van der Waals surface area contributed by atoms with Gasteiger partial charge in [-0.3, -0.25) is 0 Å². The molecule has 0 saturated carbocycles. The summed E-state index contributed by atoms with van der Waals surface area (Å²) >= 11 is 0. The number of hydrogen-bond acceptors (Lipinski definition) is 4. The molecule has 1 aromatic carbocycles.